The second-order valence-electron chi connectivity index (χ2n) is 7.64. The summed E-state index contributed by atoms with van der Waals surface area (Å²) in [4.78, 5) is 28.0. The predicted octanol–water partition coefficient (Wildman–Crippen LogP) is 2.29. The molecule has 4 rings (SSSR count). The number of benzene rings is 1. The van der Waals surface area contributed by atoms with Crippen LogP contribution in [0.2, 0.25) is 0 Å². The number of nitrogens with zero attached hydrogens (tertiary/aromatic N) is 4. The molecule has 6 heteroatoms. The van der Waals surface area contributed by atoms with E-state index in [0.29, 0.717) is 6.54 Å². The summed E-state index contributed by atoms with van der Waals surface area (Å²) >= 11 is 0. The number of rotatable bonds is 3. The molecule has 3 heterocycles. The van der Waals surface area contributed by atoms with Crippen molar-refractivity contribution in [2.75, 3.05) is 6.54 Å². The Morgan fingerprint density at radius 2 is 1.96 bits per heavy atom. The van der Waals surface area contributed by atoms with Crippen molar-refractivity contribution < 1.29 is 4.79 Å². The minimum Gasteiger partial charge on any atom is -0.338 e. The van der Waals surface area contributed by atoms with Gasteiger partial charge in [-0.25, -0.2) is 9.48 Å². The second kappa shape index (κ2) is 6.74. The van der Waals surface area contributed by atoms with E-state index in [0.717, 1.165) is 50.0 Å². The number of hydrogen-bond donors (Lipinski definition) is 0. The van der Waals surface area contributed by atoms with Gasteiger partial charge in [-0.05, 0) is 45.1 Å². The van der Waals surface area contributed by atoms with Crippen molar-refractivity contribution >= 4 is 5.91 Å². The average Bonchev–Trinajstić information content (AvgIpc) is 3.20. The number of carbonyl (C=O) groups excluding carboxylic acids is 1. The van der Waals surface area contributed by atoms with Crippen LogP contribution < -0.4 is 5.69 Å². The van der Waals surface area contributed by atoms with Crippen molar-refractivity contribution in [1.82, 2.24) is 19.2 Å². The molecule has 0 unspecified atom stereocenters. The SMILES string of the molecule is Cc1ccc(Cn2nc3n(c2=O)[C@@H](C(=O)N2CCC[C@H]2C)CCC3)cc1. The van der Waals surface area contributed by atoms with Crippen LogP contribution in [-0.4, -0.2) is 37.7 Å². The van der Waals surface area contributed by atoms with E-state index in [1.807, 2.05) is 36.1 Å². The average molecular weight is 354 g/mol. The highest BCUT2D eigenvalue weighted by atomic mass is 16.2. The van der Waals surface area contributed by atoms with E-state index in [1.54, 1.807) is 4.57 Å². The van der Waals surface area contributed by atoms with Gasteiger partial charge in [0, 0.05) is 19.0 Å². The normalized spacial score (nSPS) is 22.5. The van der Waals surface area contributed by atoms with Gasteiger partial charge in [0.05, 0.1) is 6.54 Å². The first-order chi connectivity index (χ1) is 12.5. The molecule has 0 N–H and O–H groups in total. The molecule has 138 valence electrons. The Hall–Kier alpha value is -2.37. The van der Waals surface area contributed by atoms with E-state index in [9.17, 15) is 9.59 Å². The van der Waals surface area contributed by atoms with Gasteiger partial charge in [0.1, 0.15) is 11.9 Å². The number of amides is 1. The summed E-state index contributed by atoms with van der Waals surface area (Å²) in [5.41, 5.74) is 2.07. The first-order valence-corrected chi connectivity index (χ1v) is 9.59. The molecule has 26 heavy (non-hydrogen) atoms. The summed E-state index contributed by atoms with van der Waals surface area (Å²) in [7, 11) is 0. The Balaban J connectivity index is 1.64. The largest absolute Gasteiger partial charge is 0.346 e. The van der Waals surface area contributed by atoms with Gasteiger partial charge in [-0.2, -0.15) is 5.10 Å². The number of aromatic nitrogens is 3. The Bertz CT molecular complexity index is 865. The Labute approximate surface area is 153 Å². The molecule has 0 spiro atoms. The van der Waals surface area contributed by atoms with Gasteiger partial charge in [0.2, 0.25) is 5.91 Å². The lowest BCUT2D eigenvalue weighted by atomic mass is 10.0. The molecule has 2 atom stereocenters. The lowest BCUT2D eigenvalue weighted by molar-refractivity contribution is -0.136. The monoisotopic (exact) mass is 354 g/mol. The van der Waals surface area contributed by atoms with Crippen LogP contribution in [0.1, 0.15) is 55.6 Å². The predicted molar refractivity (Wildman–Crippen MR) is 99.2 cm³/mol. The fraction of sp³-hybridized carbons (Fsp3) is 0.550. The lowest BCUT2D eigenvalue weighted by Crippen LogP contribution is -2.43. The standard InChI is InChI=1S/C20H26N4O2/c1-14-8-10-16(11-9-14)13-23-20(26)24-17(6-3-7-18(24)21-23)19(25)22-12-4-5-15(22)2/h8-11,15,17H,3-7,12-13H2,1-2H3/t15-,17-/m1/s1. The number of aryl methyl sites for hydroxylation is 2. The Kier molecular flexibility index (Phi) is 4.42. The van der Waals surface area contributed by atoms with Gasteiger partial charge < -0.3 is 4.90 Å². The summed E-state index contributed by atoms with van der Waals surface area (Å²) in [6.45, 7) is 5.39. The zero-order chi connectivity index (χ0) is 18.3. The third-order valence-corrected chi connectivity index (χ3v) is 5.70. The quantitative estimate of drug-likeness (QED) is 0.850. The highest BCUT2D eigenvalue weighted by Gasteiger charge is 2.36. The third-order valence-electron chi connectivity index (χ3n) is 5.70. The maximum Gasteiger partial charge on any atom is 0.346 e. The van der Waals surface area contributed by atoms with Crippen LogP contribution in [0.5, 0.6) is 0 Å². The van der Waals surface area contributed by atoms with Gasteiger partial charge in [0.25, 0.3) is 0 Å². The van der Waals surface area contributed by atoms with Crippen molar-refractivity contribution in [2.24, 2.45) is 0 Å². The molecule has 6 nitrogen and oxygen atoms in total. The summed E-state index contributed by atoms with van der Waals surface area (Å²) in [5, 5.41) is 4.54. The molecule has 1 aromatic heterocycles. The van der Waals surface area contributed by atoms with Gasteiger partial charge in [-0.3, -0.25) is 9.36 Å². The van der Waals surface area contributed by atoms with E-state index < -0.39 is 6.04 Å². The first-order valence-electron chi connectivity index (χ1n) is 9.59. The molecule has 1 fully saturated rings. The third kappa shape index (κ3) is 2.97. The van der Waals surface area contributed by atoms with Crippen LogP contribution >= 0.6 is 0 Å². The molecular formula is C20H26N4O2. The summed E-state index contributed by atoms with van der Waals surface area (Å²) in [6, 6.07) is 8.00. The van der Waals surface area contributed by atoms with E-state index in [-0.39, 0.29) is 17.6 Å². The molecule has 0 saturated carbocycles. The van der Waals surface area contributed by atoms with Gasteiger partial charge in [-0.1, -0.05) is 29.8 Å². The van der Waals surface area contributed by atoms with Crippen LogP contribution in [-0.2, 0) is 17.8 Å². The zero-order valence-corrected chi connectivity index (χ0v) is 15.5. The van der Waals surface area contributed by atoms with Gasteiger partial charge in [0.15, 0.2) is 0 Å². The maximum atomic E-state index is 13.1. The second-order valence-corrected chi connectivity index (χ2v) is 7.64. The van der Waals surface area contributed by atoms with E-state index >= 15 is 0 Å². The Morgan fingerprint density at radius 3 is 2.65 bits per heavy atom. The number of hydrogen-bond acceptors (Lipinski definition) is 3. The van der Waals surface area contributed by atoms with Crippen molar-refractivity contribution in [3.63, 3.8) is 0 Å². The van der Waals surface area contributed by atoms with Crippen LogP contribution in [0.3, 0.4) is 0 Å². The summed E-state index contributed by atoms with van der Waals surface area (Å²) in [6.07, 6.45) is 4.49. The molecular weight excluding hydrogens is 328 g/mol. The molecule has 2 aliphatic heterocycles. The topological polar surface area (TPSA) is 60.1 Å². The van der Waals surface area contributed by atoms with Crippen LogP contribution in [0.25, 0.3) is 0 Å². The molecule has 2 aromatic rings. The molecule has 1 aromatic carbocycles. The molecule has 0 bridgehead atoms. The van der Waals surface area contributed by atoms with Crippen LogP contribution in [0.15, 0.2) is 29.1 Å². The Morgan fingerprint density at radius 1 is 1.19 bits per heavy atom. The number of carbonyl (C=O) groups is 1. The molecule has 1 amide bonds. The van der Waals surface area contributed by atoms with E-state index in [4.69, 9.17) is 0 Å². The van der Waals surface area contributed by atoms with Crippen molar-refractivity contribution in [2.45, 2.75) is 64.6 Å². The molecule has 1 saturated heterocycles. The molecule has 0 aliphatic carbocycles. The maximum absolute atomic E-state index is 13.1. The molecule has 0 radical (unpaired) electrons. The lowest BCUT2D eigenvalue weighted by Gasteiger charge is -2.29. The summed E-state index contributed by atoms with van der Waals surface area (Å²) < 4.78 is 3.17. The fourth-order valence-corrected chi connectivity index (χ4v) is 4.19. The highest BCUT2D eigenvalue weighted by Crippen LogP contribution is 2.27. The zero-order valence-electron chi connectivity index (χ0n) is 15.5. The fourth-order valence-electron chi connectivity index (χ4n) is 4.19. The van der Waals surface area contributed by atoms with Crippen molar-refractivity contribution in [3.05, 3.63) is 51.7 Å². The van der Waals surface area contributed by atoms with Crippen molar-refractivity contribution in [3.8, 4) is 0 Å². The smallest absolute Gasteiger partial charge is 0.338 e. The van der Waals surface area contributed by atoms with Crippen LogP contribution in [0.4, 0.5) is 0 Å². The number of fused-ring (bicyclic) bond motifs is 1. The minimum absolute atomic E-state index is 0.0907. The number of likely N-dealkylation sites (tertiary alicyclic amines) is 1. The first kappa shape index (κ1) is 17.1. The van der Waals surface area contributed by atoms with Gasteiger partial charge in [-0.15, -0.1) is 0 Å². The van der Waals surface area contributed by atoms with E-state index in [2.05, 4.69) is 12.0 Å². The van der Waals surface area contributed by atoms with Crippen LogP contribution in [0, 0.1) is 6.92 Å². The minimum atomic E-state index is -0.390. The summed E-state index contributed by atoms with van der Waals surface area (Å²) in [5.74, 6) is 0.839. The highest BCUT2D eigenvalue weighted by molar-refractivity contribution is 5.81. The van der Waals surface area contributed by atoms with Gasteiger partial charge >= 0.3 is 5.69 Å². The molecule has 2 aliphatic rings. The van der Waals surface area contributed by atoms with E-state index in [1.165, 1.54) is 10.2 Å². The van der Waals surface area contributed by atoms with Crippen molar-refractivity contribution in [1.29, 1.82) is 0 Å².